The van der Waals surface area contributed by atoms with E-state index in [0.717, 1.165) is 30.7 Å². The zero-order valence-electron chi connectivity index (χ0n) is 10.8. The van der Waals surface area contributed by atoms with Crippen LogP contribution in [-0.4, -0.2) is 12.1 Å². The SMILES string of the molecule is C=CC/C=C/CNC12CC3CC(CC(C3)C1)C2. The Bertz CT molecular complexity index is 280. The Hall–Kier alpha value is -0.560. The molecule has 1 N–H and O–H groups in total. The van der Waals surface area contributed by atoms with E-state index in [4.69, 9.17) is 0 Å². The van der Waals surface area contributed by atoms with Crippen LogP contribution in [0.25, 0.3) is 0 Å². The minimum absolute atomic E-state index is 0.521. The van der Waals surface area contributed by atoms with Gasteiger partial charge in [-0.3, -0.25) is 0 Å². The van der Waals surface area contributed by atoms with Gasteiger partial charge >= 0.3 is 0 Å². The van der Waals surface area contributed by atoms with Crippen LogP contribution < -0.4 is 5.32 Å². The number of hydrogen-bond donors (Lipinski definition) is 1. The minimum atomic E-state index is 0.521. The Morgan fingerprint density at radius 3 is 2.12 bits per heavy atom. The van der Waals surface area contributed by atoms with Crippen molar-refractivity contribution in [3.63, 3.8) is 0 Å². The molecule has 0 aromatic carbocycles. The van der Waals surface area contributed by atoms with E-state index in [-0.39, 0.29) is 0 Å². The second-order valence-corrected chi connectivity index (χ2v) is 6.57. The largest absolute Gasteiger partial charge is 0.308 e. The van der Waals surface area contributed by atoms with Crippen LogP contribution in [-0.2, 0) is 0 Å². The van der Waals surface area contributed by atoms with Crippen LogP contribution >= 0.6 is 0 Å². The summed E-state index contributed by atoms with van der Waals surface area (Å²) in [6.45, 7) is 4.80. The Labute approximate surface area is 105 Å². The summed E-state index contributed by atoms with van der Waals surface area (Å²) in [5.41, 5.74) is 0.521. The van der Waals surface area contributed by atoms with Crippen LogP contribution in [0.5, 0.6) is 0 Å². The van der Waals surface area contributed by atoms with Crippen molar-refractivity contribution >= 4 is 0 Å². The molecule has 0 atom stereocenters. The molecule has 4 rings (SSSR count). The van der Waals surface area contributed by atoms with Crippen LogP contribution in [0.3, 0.4) is 0 Å². The smallest absolute Gasteiger partial charge is 0.0192 e. The highest BCUT2D eigenvalue weighted by molar-refractivity contribution is 5.07. The maximum Gasteiger partial charge on any atom is 0.0192 e. The molecule has 0 aliphatic heterocycles. The second kappa shape index (κ2) is 4.61. The van der Waals surface area contributed by atoms with E-state index >= 15 is 0 Å². The highest BCUT2D eigenvalue weighted by Crippen LogP contribution is 2.55. The van der Waals surface area contributed by atoms with Crippen LogP contribution in [0.2, 0.25) is 0 Å². The molecular formula is C16H25N. The lowest BCUT2D eigenvalue weighted by Gasteiger charge is -2.57. The summed E-state index contributed by atoms with van der Waals surface area (Å²) in [4.78, 5) is 0. The van der Waals surface area contributed by atoms with Gasteiger partial charge in [0.05, 0.1) is 0 Å². The summed E-state index contributed by atoms with van der Waals surface area (Å²) >= 11 is 0. The third kappa shape index (κ3) is 2.35. The Balaban J connectivity index is 1.57. The first-order valence-corrected chi connectivity index (χ1v) is 7.30. The average molecular weight is 231 g/mol. The van der Waals surface area contributed by atoms with Crippen molar-refractivity contribution in [2.45, 2.75) is 50.5 Å². The highest BCUT2D eigenvalue weighted by atomic mass is 15.0. The van der Waals surface area contributed by atoms with Gasteiger partial charge in [-0.05, 0) is 62.7 Å². The van der Waals surface area contributed by atoms with Crippen LogP contribution in [0.15, 0.2) is 24.8 Å². The molecule has 4 saturated carbocycles. The van der Waals surface area contributed by atoms with Gasteiger partial charge in [-0.2, -0.15) is 0 Å². The number of nitrogens with one attached hydrogen (secondary N) is 1. The quantitative estimate of drug-likeness (QED) is 0.712. The summed E-state index contributed by atoms with van der Waals surface area (Å²) in [6.07, 6.45) is 16.4. The highest BCUT2D eigenvalue weighted by Gasteiger charge is 2.50. The number of allylic oxidation sites excluding steroid dienone is 2. The molecule has 0 aromatic heterocycles. The summed E-state index contributed by atoms with van der Waals surface area (Å²) in [5.74, 6) is 3.14. The van der Waals surface area contributed by atoms with Gasteiger partial charge in [-0.25, -0.2) is 0 Å². The molecule has 0 aromatic rings. The summed E-state index contributed by atoms with van der Waals surface area (Å²) in [6, 6.07) is 0. The van der Waals surface area contributed by atoms with Gasteiger partial charge in [-0.15, -0.1) is 6.58 Å². The van der Waals surface area contributed by atoms with E-state index in [1.54, 1.807) is 0 Å². The van der Waals surface area contributed by atoms with Gasteiger partial charge in [0.1, 0.15) is 0 Å². The fourth-order valence-electron chi connectivity index (χ4n) is 4.88. The lowest BCUT2D eigenvalue weighted by molar-refractivity contribution is -0.0179. The van der Waals surface area contributed by atoms with Gasteiger partial charge in [0, 0.05) is 12.1 Å². The van der Waals surface area contributed by atoms with Crippen LogP contribution in [0.1, 0.15) is 44.9 Å². The minimum Gasteiger partial charge on any atom is -0.308 e. The normalized spacial score (nSPS) is 43.4. The second-order valence-electron chi connectivity index (χ2n) is 6.57. The summed E-state index contributed by atoms with van der Waals surface area (Å²) < 4.78 is 0. The third-order valence-electron chi connectivity index (χ3n) is 5.10. The van der Waals surface area contributed by atoms with E-state index in [1.807, 2.05) is 6.08 Å². The monoisotopic (exact) mass is 231 g/mol. The molecule has 4 aliphatic rings. The molecule has 0 radical (unpaired) electrons. The molecule has 0 amide bonds. The molecule has 0 unspecified atom stereocenters. The van der Waals surface area contributed by atoms with E-state index < -0.39 is 0 Å². The van der Waals surface area contributed by atoms with E-state index in [2.05, 4.69) is 24.0 Å². The van der Waals surface area contributed by atoms with Gasteiger partial charge in [0.2, 0.25) is 0 Å². The van der Waals surface area contributed by atoms with Crippen molar-refractivity contribution in [2.75, 3.05) is 6.54 Å². The predicted molar refractivity (Wildman–Crippen MR) is 72.9 cm³/mol. The predicted octanol–water partition coefficient (Wildman–Crippen LogP) is 3.68. The number of rotatable bonds is 5. The van der Waals surface area contributed by atoms with Crippen molar-refractivity contribution in [3.05, 3.63) is 24.8 Å². The standard InChI is InChI=1S/C16H25N/c1-2-3-4-5-6-17-16-10-13-7-14(11-16)9-15(8-13)12-16/h2,4-5,13-15,17H,1,3,6-12H2/b5-4+. The fourth-order valence-corrected chi connectivity index (χ4v) is 4.88. The van der Waals surface area contributed by atoms with Gasteiger partial charge in [0.15, 0.2) is 0 Å². The maximum absolute atomic E-state index is 3.87. The Morgan fingerprint density at radius 2 is 1.59 bits per heavy atom. The molecule has 4 bridgehead atoms. The molecule has 0 spiro atoms. The molecule has 4 aliphatic carbocycles. The molecule has 1 heteroatoms. The summed E-state index contributed by atoms with van der Waals surface area (Å²) in [7, 11) is 0. The zero-order valence-corrected chi connectivity index (χ0v) is 10.8. The van der Waals surface area contributed by atoms with Gasteiger partial charge in [-0.1, -0.05) is 18.2 Å². The Morgan fingerprint density at radius 1 is 1.00 bits per heavy atom. The van der Waals surface area contributed by atoms with E-state index in [1.165, 1.54) is 38.5 Å². The van der Waals surface area contributed by atoms with Gasteiger partial charge < -0.3 is 5.32 Å². The van der Waals surface area contributed by atoms with Crippen LogP contribution in [0.4, 0.5) is 0 Å². The lowest BCUT2D eigenvalue weighted by Crippen LogP contribution is -2.58. The molecule has 4 fully saturated rings. The molecule has 1 nitrogen and oxygen atoms in total. The zero-order chi connectivity index (χ0) is 11.7. The third-order valence-corrected chi connectivity index (χ3v) is 5.10. The number of hydrogen-bond acceptors (Lipinski definition) is 1. The van der Waals surface area contributed by atoms with Gasteiger partial charge in [0.25, 0.3) is 0 Å². The molecule has 0 saturated heterocycles. The molecule has 17 heavy (non-hydrogen) atoms. The topological polar surface area (TPSA) is 12.0 Å². The maximum atomic E-state index is 3.87. The Kier molecular flexibility index (Phi) is 3.12. The fraction of sp³-hybridized carbons (Fsp3) is 0.750. The first-order chi connectivity index (χ1) is 8.30. The van der Waals surface area contributed by atoms with E-state index in [0.29, 0.717) is 5.54 Å². The van der Waals surface area contributed by atoms with Crippen molar-refractivity contribution in [2.24, 2.45) is 17.8 Å². The molecule has 0 heterocycles. The summed E-state index contributed by atoms with van der Waals surface area (Å²) in [5, 5.41) is 3.87. The first-order valence-electron chi connectivity index (χ1n) is 7.30. The van der Waals surface area contributed by atoms with Crippen molar-refractivity contribution < 1.29 is 0 Å². The van der Waals surface area contributed by atoms with Crippen LogP contribution in [0, 0.1) is 17.8 Å². The van der Waals surface area contributed by atoms with E-state index in [9.17, 15) is 0 Å². The van der Waals surface area contributed by atoms with Crippen molar-refractivity contribution in [1.82, 2.24) is 5.32 Å². The van der Waals surface area contributed by atoms with Crippen molar-refractivity contribution in [1.29, 1.82) is 0 Å². The molecule has 94 valence electrons. The van der Waals surface area contributed by atoms with Crippen molar-refractivity contribution in [3.8, 4) is 0 Å². The average Bonchev–Trinajstić information content (AvgIpc) is 2.26. The lowest BCUT2D eigenvalue weighted by atomic mass is 9.53. The molecular weight excluding hydrogens is 206 g/mol. The first kappa shape index (κ1) is 11.5.